The van der Waals surface area contributed by atoms with Crippen LogP contribution in [0.4, 0.5) is 0 Å². The lowest BCUT2D eigenvalue weighted by Crippen LogP contribution is -2.22. The molecule has 1 nitrogen and oxygen atoms in total. The third-order valence-electron chi connectivity index (χ3n) is 4.32. The molecule has 1 saturated heterocycles. The highest BCUT2D eigenvalue weighted by Crippen LogP contribution is 2.33. The summed E-state index contributed by atoms with van der Waals surface area (Å²) in [5.41, 5.74) is 0. The second-order valence-corrected chi connectivity index (χ2v) is 5.19. The van der Waals surface area contributed by atoms with Gasteiger partial charge in [0.2, 0.25) is 0 Å². The number of likely N-dealkylation sites (tertiary alicyclic amines) is 1. The van der Waals surface area contributed by atoms with E-state index in [1.54, 1.807) is 0 Å². The highest BCUT2D eigenvalue weighted by Gasteiger charge is 2.28. The monoisotopic (exact) mass is 195 g/mol. The van der Waals surface area contributed by atoms with Crippen molar-refractivity contribution in [3.05, 3.63) is 0 Å². The van der Waals surface area contributed by atoms with Gasteiger partial charge in [0.15, 0.2) is 0 Å². The van der Waals surface area contributed by atoms with Crippen molar-refractivity contribution in [2.24, 2.45) is 11.8 Å². The van der Waals surface area contributed by atoms with Gasteiger partial charge in [-0.1, -0.05) is 45.4 Å². The van der Waals surface area contributed by atoms with E-state index in [9.17, 15) is 0 Å². The molecule has 0 spiro atoms. The van der Waals surface area contributed by atoms with Gasteiger partial charge in [0.1, 0.15) is 0 Å². The van der Waals surface area contributed by atoms with Gasteiger partial charge in [-0.15, -0.1) is 0 Å². The maximum absolute atomic E-state index is 2.63. The topological polar surface area (TPSA) is 3.24 Å². The Morgan fingerprint density at radius 3 is 2.21 bits per heavy atom. The van der Waals surface area contributed by atoms with Crippen LogP contribution in [0.1, 0.15) is 51.9 Å². The van der Waals surface area contributed by atoms with E-state index in [0.717, 1.165) is 11.8 Å². The summed E-state index contributed by atoms with van der Waals surface area (Å²) in [5, 5.41) is 0. The fraction of sp³-hybridized carbons (Fsp3) is 1.00. The first-order chi connectivity index (χ1) is 6.90. The van der Waals surface area contributed by atoms with E-state index >= 15 is 0 Å². The maximum Gasteiger partial charge on any atom is 0.00127 e. The van der Waals surface area contributed by atoms with Crippen LogP contribution in [0, 0.1) is 11.8 Å². The second kappa shape index (κ2) is 5.16. The van der Waals surface area contributed by atoms with E-state index in [-0.39, 0.29) is 0 Å². The highest BCUT2D eigenvalue weighted by atomic mass is 15.1. The molecule has 1 aliphatic heterocycles. The second-order valence-electron chi connectivity index (χ2n) is 5.19. The summed E-state index contributed by atoms with van der Waals surface area (Å²) in [7, 11) is 0. The van der Waals surface area contributed by atoms with Gasteiger partial charge in [0.25, 0.3) is 0 Å². The predicted octanol–water partition coefficient (Wildman–Crippen LogP) is 3.30. The van der Waals surface area contributed by atoms with Crippen molar-refractivity contribution in [3.63, 3.8) is 0 Å². The zero-order valence-corrected chi connectivity index (χ0v) is 9.67. The largest absolute Gasteiger partial charge is 0.303 e. The summed E-state index contributed by atoms with van der Waals surface area (Å²) in [6.07, 6.45) is 10.6. The molecule has 0 aromatic heterocycles. The molecule has 1 heterocycles. The van der Waals surface area contributed by atoms with Crippen molar-refractivity contribution in [2.45, 2.75) is 51.9 Å². The molecule has 1 atom stereocenters. The maximum atomic E-state index is 2.63. The van der Waals surface area contributed by atoms with Gasteiger partial charge in [-0.3, -0.25) is 0 Å². The first-order valence-electron chi connectivity index (χ1n) is 6.62. The molecule has 0 amide bonds. The van der Waals surface area contributed by atoms with E-state index in [2.05, 4.69) is 11.8 Å². The zero-order valence-electron chi connectivity index (χ0n) is 9.67. The van der Waals surface area contributed by atoms with Crippen LogP contribution in [0.5, 0.6) is 0 Å². The predicted molar refractivity (Wildman–Crippen MR) is 61.4 cm³/mol. The van der Waals surface area contributed by atoms with Crippen LogP contribution in [0.3, 0.4) is 0 Å². The summed E-state index contributed by atoms with van der Waals surface area (Å²) < 4.78 is 0. The van der Waals surface area contributed by atoms with E-state index in [1.165, 1.54) is 64.6 Å². The standard InChI is InChI=1S/C13H25N/c1-2-14-10-9-13(11-14)12-7-5-3-4-6-8-12/h12-13H,2-11H2,1H3. The Bertz CT molecular complexity index is 159. The van der Waals surface area contributed by atoms with Crippen LogP contribution in [0.25, 0.3) is 0 Å². The lowest BCUT2D eigenvalue weighted by molar-refractivity contribution is 0.277. The van der Waals surface area contributed by atoms with Crippen molar-refractivity contribution < 1.29 is 0 Å². The zero-order chi connectivity index (χ0) is 9.80. The summed E-state index contributed by atoms with van der Waals surface area (Å²) >= 11 is 0. The Kier molecular flexibility index (Phi) is 3.86. The van der Waals surface area contributed by atoms with Gasteiger partial charge in [0, 0.05) is 6.54 Å². The Balaban J connectivity index is 1.82. The molecule has 0 radical (unpaired) electrons. The lowest BCUT2D eigenvalue weighted by Gasteiger charge is -2.22. The van der Waals surface area contributed by atoms with Gasteiger partial charge in [-0.05, 0) is 31.3 Å². The minimum Gasteiger partial charge on any atom is -0.303 e. The molecular weight excluding hydrogens is 170 g/mol. The van der Waals surface area contributed by atoms with Crippen molar-refractivity contribution in [3.8, 4) is 0 Å². The Hall–Kier alpha value is -0.0400. The summed E-state index contributed by atoms with van der Waals surface area (Å²) in [6, 6.07) is 0. The number of nitrogens with zero attached hydrogens (tertiary/aromatic N) is 1. The quantitative estimate of drug-likeness (QED) is 0.611. The third-order valence-corrected chi connectivity index (χ3v) is 4.32. The van der Waals surface area contributed by atoms with Gasteiger partial charge in [-0.2, -0.15) is 0 Å². The van der Waals surface area contributed by atoms with Crippen molar-refractivity contribution in [1.82, 2.24) is 4.90 Å². The molecule has 1 saturated carbocycles. The van der Waals surface area contributed by atoms with Crippen molar-refractivity contribution in [1.29, 1.82) is 0 Å². The molecule has 2 fully saturated rings. The van der Waals surface area contributed by atoms with Crippen molar-refractivity contribution in [2.75, 3.05) is 19.6 Å². The Labute approximate surface area is 88.9 Å². The molecule has 2 rings (SSSR count). The molecule has 0 N–H and O–H groups in total. The lowest BCUT2D eigenvalue weighted by atomic mass is 9.85. The Morgan fingerprint density at radius 1 is 0.929 bits per heavy atom. The minimum atomic E-state index is 1.05. The van der Waals surface area contributed by atoms with Crippen LogP contribution in [-0.2, 0) is 0 Å². The molecule has 0 bridgehead atoms. The van der Waals surface area contributed by atoms with Crippen LogP contribution in [-0.4, -0.2) is 24.5 Å². The van der Waals surface area contributed by atoms with Gasteiger partial charge >= 0.3 is 0 Å². The Morgan fingerprint density at radius 2 is 1.64 bits per heavy atom. The van der Waals surface area contributed by atoms with Gasteiger partial charge in [-0.25, -0.2) is 0 Å². The molecule has 2 aliphatic rings. The summed E-state index contributed by atoms with van der Waals surface area (Å²) in [5.74, 6) is 2.13. The molecule has 14 heavy (non-hydrogen) atoms. The molecular formula is C13H25N. The minimum absolute atomic E-state index is 1.05. The van der Waals surface area contributed by atoms with Crippen LogP contribution in [0.2, 0.25) is 0 Å². The normalized spacial score (nSPS) is 31.9. The first-order valence-corrected chi connectivity index (χ1v) is 6.62. The average molecular weight is 195 g/mol. The average Bonchev–Trinajstić information content (AvgIpc) is 2.53. The van der Waals surface area contributed by atoms with E-state index in [0.29, 0.717) is 0 Å². The van der Waals surface area contributed by atoms with Crippen molar-refractivity contribution >= 4 is 0 Å². The number of rotatable bonds is 2. The summed E-state index contributed by atoms with van der Waals surface area (Å²) in [6.45, 7) is 6.34. The molecule has 82 valence electrons. The SMILES string of the molecule is CCN1CCC(C2CCCCCC2)C1. The summed E-state index contributed by atoms with van der Waals surface area (Å²) in [4.78, 5) is 2.63. The molecule has 1 aliphatic carbocycles. The van der Waals surface area contributed by atoms with E-state index in [1.807, 2.05) is 0 Å². The molecule has 0 aromatic rings. The number of hydrogen-bond acceptors (Lipinski definition) is 1. The van der Waals surface area contributed by atoms with Gasteiger partial charge < -0.3 is 4.90 Å². The van der Waals surface area contributed by atoms with Crippen LogP contribution in [0.15, 0.2) is 0 Å². The van der Waals surface area contributed by atoms with E-state index in [4.69, 9.17) is 0 Å². The molecule has 1 heteroatoms. The fourth-order valence-electron chi connectivity index (χ4n) is 3.32. The van der Waals surface area contributed by atoms with Gasteiger partial charge in [0.05, 0.1) is 0 Å². The highest BCUT2D eigenvalue weighted by molar-refractivity contribution is 4.81. The fourth-order valence-corrected chi connectivity index (χ4v) is 3.32. The van der Waals surface area contributed by atoms with Crippen LogP contribution < -0.4 is 0 Å². The first kappa shape index (κ1) is 10.5. The van der Waals surface area contributed by atoms with Crippen LogP contribution >= 0.6 is 0 Å². The molecule has 1 unspecified atom stereocenters. The third kappa shape index (κ3) is 2.50. The van der Waals surface area contributed by atoms with E-state index < -0.39 is 0 Å². The molecule has 0 aromatic carbocycles. The number of hydrogen-bond donors (Lipinski definition) is 0. The smallest absolute Gasteiger partial charge is 0.00127 e.